The Morgan fingerprint density at radius 2 is 1.85 bits per heavy atom. The Morgan fingerprint density at radius 3 is 2.62 bits per heavy atom. The molecule has 5 rings (SSSR count). The van der Waals surface area contributed by atoms with Crippen molar-refractivity contribution in [1.82, 2.24) is 4.98 Å². The molecule has 3 aromatic carbocycles. The predicted molar refractivity (Wildman–Crippen MR) is 126 cm³/mol. The molecular formula is C25H15F2N3O3S. The number of esters is 1. The molecule has 1 aromatic heterocycles. The number of carbonyl (C=O) groups excluding carboxylic acids is 2. The van der Waals surface area contributed by atoms with Crippen LogP contribution in [0.25, 0.3) is 16.8 Å². The number of hydrogen-bond acceptors (Lipinski definition) is 6. The number of thiazole rings is 1. The second kappa shape index (κ2) is 8.60. The Labute approximate surface area is 196 Å². The normalized spacial score (nSPS) is 14.4. The van der Waals surface area contributed by atoms with Crippen LogP contribution >= 0.6 is 11.3 Å². The second-order valence-corrected chi connectivity index (χ2v) is 8.24. The largest absolute Gasteiger partial charge is 0.402 e. The van der Waals surface area contributed by atoms with Crippen LogP contribution in [0.1, 0.15) is 18.2 Å². The molecule has 0 saturated heterocycles. The van der Waals surface area contributed by atoms with Gasteiger partial charge in [-0.3, -0.25) is 9.69 Å². The van der Waals surface area contributed by atoms with Gasteiger partial charge >= 0.3 is 5.97 Å². The minimum atomic E-state index is -0.894. The van der Waals surface area contributed by atoms with Crippen molar-refractivity contribution in [3.05, 3.63) is 94.6 Å². The Bertz CT molecular complexity index is 1530. The molecule has 0 N–H and O–H groups in total. The molecule has 0 atom stereocenters. The molecule has 1 amide bonds. The van der Waals surface area contributed by atoms with Crippen molar-refractivity contribution in [2.24, 2.45) is 4.99 Å². The fourth-order valence-electron chi connectivity index (χ4n) is 3.51. The Morgan fingerprint density at radius 1 is 1.06 bits per heavy atom. The zero-order valence-corrected chi connectivity index (χ0v) is 18.5. The van der Waals surface area contributed by atoms with Crippen LogP contribution in [-0.4, -0.2) is 22.8 Å². The number of halogens is 2. The second-order valence-electron chi connectivity index (χ2n) is 7.40. The van der Waals surface area contributed by atoms with Crippen LogP contribution in [0.2, 0.25) is 0 Å². The fraction of sp³-hybridized carbons (Fsp3) is 0.0400. The van der Waals surface area contributed by atoms with Crippen LogP contribution < -0.4 is 4.90 Å². The van der Waals surface area contributed by atoms with Crippen molar-refractivity contribution >= 4 is 56.8 Å². The van der Waals surface area contributed by atoms with Crippen LogP contribution in [0.3, 0.4) is 0 Å². The summed E-state index contributed by atoms with van der Waals surface area (Å²) in [5.74, 6) is -2.61. The van der Waals surface area contributed by atoms with Gasteiger partial charge in [0.25, 0.3) is 0 Å². The van der Waals surface area contributed by atoms with E-state index in [1.807, 2.05) is 42.5 Å². The van der Waals surface area contributed by atoms with E-state index in [2.05, 4.69) is 9.98 Å². The summed E-state index contributed by atoms with van der Waals surface area (Å²) in [7, 11) is 0. The van der Waals surface area contributed by atoms with Crippen molar-refractivity contribution in [3.8, 4) is 0 Å². The van der Waals surface area contributed by atoms with Crippen molar-refractivity contribution in [1.29, 1.82) is 0 Å². The molecular weight excluding hydrogens is 460 g/mol. The summed E-state index contributed by atoms with van der Waals surface area (Å²) in [4.78, 5) is 34.3. The lowest BCUT2D eigenvalue weighted by Gasteiger charge is -2.18. The van der Waals surface area contributed by atoms with E-state index < -0.39 is 23.5 Å². The predicted octanol–water partition coefficient (Wildman–Crippen LogP) is 5.60. The number of anilines is 2. The summed E-state index contributed by atoms with van der Waals surface area (Å²) in [6.07, 6.45) is 1.43. The highest BCUT2D eigenvalue weighted by molar-refractivity contribution is 7.14. The minimum Gasteiger partial charge on any atom is -0.402 e. The van der Waals surface area contributed by atoms with Crippen LogP contribution in [0.5, 0.6) is 0 Å². The first-order valence-electron chi connectivity index (χ1n) is 10.1. The minimum absolute atomic E-state index is 0.0438. The average Bonchev–Trinajstić information content (AvgIpc) is 3.42. The van der Waals surface area contributed by atoms with Gasteiger partial charge in [-0.15, -0.1) is 11.3 Å². The number of aromatic nitrogens is 1. The van der Waals surface area contributed by atoms with Gasteiger partial charge in [0, 0.05) is 23.9 Å². The van der Waals surface area contributed by atoms with Crippen LogP contribution in [0.4, 0.5) is 19.6 Å². The number of hydrogen-bond donors (Lipinski definition) is 0. The van der Waals surface area contributed by atoms with Crippen molar-refractivity contribution in [2.75, 3.05) is 4.90 Å². The highest BCUT2D eigenvalue weighted by atomic mass is 32.1. The molecule has 2 heterocycles. The quantitative estimate of drug-likeness (QED) is 0.284. The van der Waals surface area contributed by atoms with Gasteiger partial charge in [-0.05, 0) is 41.1 Å². The molecule has 0 aliphatic carbocycles. The third-order valence-electron chi connectivity index (χ3n) is 5.07. The molecule has 6 nitrogen and oxygen atoms in total. The molecule has 1 aliphatic heterocycles. The molecule has 1 aliphatic rings. The van der Waals surface area contributed by atoms with Crippen molar-refractivity contribution in [2.45, 2.75) is 6.92 Å². The van der Waals surface area contributed by atoms with E-state index in [1.165, 1.54) is 19.1 Å². The van der Waals surface area contributed by atoms with Gasteiger partial charge in [-0.25, -0.2) is 23.6 Å². The number of benzene rings is 3. The molecule has 0 radical (unpaired) electrons. The van der Waals surface area contributed by atoms with Gasteiger partial charge < -0.3 is 4.74 Å². The standard InChI is InChI=1S/C25H15F2N3O3S/c1-14(31)30(22-9-8-18(26)11-20(22)27)25-28-19(13-34-25)12-21-24(32)33-23(29-21)17-7-6-15-4-2-3-5-16(15)10-17/h2-13H,1H3. The first-order valence-corrected chi connectivity index (χ1v) is 11.0. The SMILES string of the molecule is CC(=O)N(c1nc(C=C2N=C(c3ccc4ccccc4c3)OC2=O)cs1)c1ccc(F)cc1F. The Balaban J connectivity index is 1.45. The lowest BCUT2D eigenvalue weighted by molar-refractivity contribution is -0.130. The van der Waals surface area contributed by atoms with Gasteiger partial charge in [-0.1, -0.05) is 30.3 Å². The van der Waals surface area contributed by atoms with Crippen molar-refractivity contribution < 1.29 is 23.1 Å². The molecule has 168 valence electrons. The summed E-state index contributed by atoms with van der Waals surface area (Å²) in [6, 6.07) is 16.3. The van der Waals surface area contributed by atoms with Gasteiger partial charge in [0.15, 0.2) is 10.8 Å². The van der Waals surface area contributed by atoms with E-state index in [1.54, 1.807) is 5.38 Å². The summed E-state index contributed by atoms with van der Waals surface area (Å²) in [6.45, 7) is 1.25. The van der Waals surface area contributed by atoms with E-state index in [0.29, 0.717) is 17.3 Å². The number of amides is 1. The van der Waals surface area contributed by atoms with E-state index in [9.17, 15) is 18.4 Å². The summed E-state index contributed by atoms with van der Waals surface area (Å²) >= 11 is 1.07. The number of cyclic esters (lactones) is 1. The zero-order chi connectivity index (χ0) is 23.8. The maximum atomic E-state index is 14.3. The van der Waals surface area contributed by atoms with E-state index in [-0.39, 0.29) is 22.4 Å². The molecule has 0 bridgehead atoms. The number of carbonyl (C=O) groups is 2. The van der Waals surface area contributed by atoms with Gasteiger partial charge in [0.05, 0.1) is 11.4 Å². The lowest BCUT2D eigenvalue weighted by Crippen LogP contribution is -2.23. The van der Waals surface area contributed by atoms with Gasteiger partial charge in [0.2, 0.25) is 11.8 Å². The lowest BCUT2D eigenvalue weighted by atomic mass is 10.1. The highest BCUT2D eigenvalue weighted by Crippen LogP contribution is 2.32. The van der Waals surface area contributed by atoms with Crippen molar-refractivity contribution in [3.63, 3.8) is 0 Å². The number of ether oxygens (including phenoxy) is 1. The van der Waals surface area contributed by atoms with Crippen LogP contribution in [0.15, 0.2) is 76.7 Å². The first-order chi connectivity index (χ1) is 16.4. The Kier molecular flexibility index (Phi) is 5.46. The average molecular weight is 475 g/mol. The fourth-order valence-corrected chi connectivity index (χ4v) is 4.35. The maximum Gasteiger partial charge on any atom is 0.363 e. The van der Waals surface area contributed by atoms with Gasteiger partial charge in [-0.2, -0.15) is 0 Å². The molecule has 0 saturated carbocycles. The van der Waals surface area contributed by atoms with Crippen LogP contribution in [0, 0.1) is 11.6 Å². The summed E-state index contributed by atoms with van der Waals surface area (Å²) in [5, 5.41) is 3.79. The zero-order valence-electron chi connectivity index (χ0n) is 17.7. The number of fused-ring (bicyclic) bond motifs is 1. The van der Waals surface area contributed by atoms with E-state index in [4.69, 9.17) is 4.74 Å². The summed E-state index contributed by atoms with van der Waals surface area (Å²) in [5.41, 5.74) is 0.912. The number of nitrogens with zero attached hydrogens (tertiary/aromatic N) is 3. The summed E-state index contributed by atoms with van der Waals surface area (Å²) < 4.78 is 32.9. The Hall–Kier alpha value is -4.24. The van der Waals surface area contributed by atoms with Crippen LogP contribution in [-0.2, 0) is 14.3 Å². The molecule has 0 unspecified atom stereocenters. The molecule has 9 heteroatoms. The van der Waals surface area contributed by atoms with Gasteiger partial charge in [0.1, 0.15) is 11.6 Å². The number of aliphatic imine (C=N–C) groups is 1. The topological polar surface area (TPSA) is 71.9 Å². The van der Waals surface area contributed by atoms with E-state index >= 15 is 0 Å². The smallest absolute Gasteiger partial charge is 0.363 e. The monoisotopic (exact) mass is 475 g/mol. The molecule has 0 spiro atoms. The molecule has 0 fully saturated rings. The first kappa shape index (κ1) is 21.6. The third-order valence-corrected chi connectivity index (χ3v) is 5.91. The molecule has 4 aromatic rings. The maximum absolute atomic E-state index is 14.3. The molecule has 34 heavy (non-hydrogen) atoms. The van der Waals surface area contributed by atoms with E-state index in [0.717, 1.165) is 33.1 Å². The third kappa shape index (κ3) is 4.08. The number of rotatable bonds is 4. The highest BCUT2D eigenvalue weighted by Gasteiger charge is 2.26.